The molecule has 30 heavy (non-hydrogen) atoms. The molecule has 2 heterocycles. The van der Waals surface area contributed by atoms with Crippen LogP contribution in [0.25, 0.3) is 0 Å². The first-order valence-electron chi connectivity index (χ1n) is 10.7. The number of guanidine groups is 1. The fraction of sp³-hybridized carbons (Fsp3) is 0.947. The number of rotatable bonds is 7. The molecule has 0 aromatic carbocycles. The van der Waals surface area contributed by atoms with Gasteiger partial charge in [0.2, 0.25) is 0 Å². The van der Waals surface area contributed by atoms with Crippen molar-refractivity contribution in [3.8, 4) is 0 Å². The third kappa shape index (κ3) is 6.85. The first kappa shape index (κ1) is 27.7. The van der Waals surface area contributed by atoms with Crippen LogP contribution < -0.4 is 5.32 Å². The number of aliphatic imine (C=N–C) groups is 1. The van der Waals surface area contributed by atoms with Crippen LogP contribution in [0.5, 0.6) is 0 Å². The predicted octanol–water partition coefficient (Wildman–Crippen LogP) is 3.89. The summed E-state index contributed by atoms with van der Waals surface area (Å²) < 4.78 is 61.7. The molecule has 1 N–H and O–H groups in total. The normalized spacial score (nSPS) is 22.4. The van der Waals surface area contributed by atoms with Gasteiger partial charge >= 0.3 is 15.5 Å². The van der Waals surface area contributed by atoms with E-state index in [0.29, 0.717) is 29.6 Å². The highest BCUT2D eigenvalue weighted by Crippen LogP contribution is 2.31. The average Bonchev–Trinajstić information content (AvgIpc) is 3.15. The summed E-state index contributed by atoms with van der Waals surface area (Å²) in [6.45, 7) is 9.52. The number of hydrogen-bond acceptors (Lipinski definition) is 3. The molecule has 11 heteroatoms. The van der Waals surface area contributed by atoms with E-state index in [2.05, 4.69) is 24.1 Å². The SMILES string of the molecule is CCNC(=NCC1CCN(S(=O)(=O)C(F)(F)F)CC1)N1CCC(C(CC)CC)C1.I. The molecule has 1 atom stereocenters. The van der Waals surface area contributed by atoms with E-state index in [1.165, 1.54) is 12.8 Å². The summed E-state index contributed by atoms with van der Waals surface area (Å²) in [6.07, 6.45) is 4.32. The lowest BCUT2D eigenvalue weighted by Gasteiger charge is -2.31. The number of piperidine rings is 1. The van der Waals surface area contributed by atoms with E-state index in [1.807, 2.05) is 6.92 Å². The number of likely N-dealkylation sites (tertiary alicyclic amines) is 1. The fourth-order valence-electron chi connectivity index (χ4n) is 4.44. The second-order valence-electron chi connectivity index (χ2n) is 8.06. The van der Waals surface area contributed by atoms with Gasteiger partial charge in [-0.3, -0.25) is 4.99 Å². The van der Waals surface area contributed by atoms with Crippen LogP contribution >= 0.6 is 24.0 Å². The van der Waals surface area contributed by atoms with Gasteiger partial charge in [0.25, 0.3) is 0 Å². The van der Waals surface area contributed by atoms with Gasteiger partial charge in [-0.1, -0.05) is 26.7 Å². The Morgan fingerprint density at radius 2 is 1.70 bits per heavy atom. The number of alkyl halides is 3. The summed E-state index contributed by atoms with van der Waals surface area (Å²) in [5.41, 5.74) is -5.22. The van der Waals surface area contributed by atoms with Gasteiger partial charge in [-0.25, -0.2) is 8.42 Å². The van der Waals surface area contributed by atoms with Crippen LogP contribution in [0.3, 0.4) is 0 Å². The summed E-state index contributed by atoms with van der Waals surface area (Å²) >= 11 is 0. The maximum absolute atomic E-state index is 12.7. The van der Waals surface area contributed by atoms with Crippen molar-refractivity contribution in [2.24, 2.45) is 22.7 Å². The summed E-state index contributed by atoms with van der Waals surface area (Å²) in [5, 5.41) is 3.33. The smallest absolute Gasteiger partial charge is 0.357 e. The Labute approximate surface area is 196 Å². The summed E-state index contributed by atoms with van der Waals surface area (Å²) in [7, 11) is -5.22. The maximum Gasteiger partial charge on any atom is 0.511 e. The monoisotopic (exact) mass is 568 g/mol. The molecule has 2 fully saturated rings. The van der Waals surface area contributed by atoms with Gasteiger partial charge in [-0.15, -0.1) is 24.0 Å². The Bertz CT molecular complexity index is 649. The van der Waals surface area contributed by atoms with Crippen LogP contribution in [-0.2, 0) is 10.0 Å². The van der Waals surface area contributed by atoms with Crippen molar-refractivity contribution in [1.29, 1.82) is 0 Å². The number of nitrogens with zero attached hydrogens (tertiary/aromatic N) is 3. The first-order valence-corrected chi connectivity index (χ1v) is 12.2. The highest BCUT2D eigenvalue weighted by atomic mass is 127. The van der Waals surface area contributed by atoms with Crippen molar-refractivity contribution in [3.05, 3.63) is 0 Å². The minimum absolute atomic E-state index is 0. The van der Waals surface area contributed by atoms with E-state index < -0.39 is 15.5 Å². The van der Waals surface area contributed by atoms with Gasteiger partial charge in [0.15, 0.2) is 5.96 Å². The molecule has 0 aliphatic carbocycles. The zero-order valence-electron chi connectivity index (χ0n) is 18.1. The third-order valence-electron chi connectivity index (χ3n) is 6.28. The van der Waals surface area contributed by atoms with Crippen molar-refractivity contribution < 1.29 is 21.6 Å². The van der Waals surface area contributed by atoms with Crippen molar-refractivity contribution in [3.63, 3.8) is 0 Å². The van der Waals surface area contributed by atoms with Crippen LogP contribution in [0.2, 0.25) is 0 Å². The van der Waals surface area contributed by atoms with Gasteiger partial charge in [0.05, 0.1) is 0 Å². The van der Waals surface area contributed by atoms with Crippen molar-refractivity contribution >= 4 is 40.0 Å². The minimum atomic E-state index is -5.22. The van der Waals surface area contributed by atoms with Gasteiger partial charge < -0.3 is 10.2 Å². The summed E-state index contributed by atoms with van der Waals surface area (Å²) in [4.78, 5) is 7.03. The molecule has 2 rings (SSSR count). The van der Waals surface area contributed by atoms with Gasteiger partial charge in [-0.05, 0) is 43.9 Å². The first-order chi connectivity index (χ1) is 13.6. The lowest BCUT2D eigenvalue weighted by molar-refractivity contribution is -0.0496. The molecule has 0 aromatic heterocycles. The van der Waals surface area contributed by atoms with E-state index >= 15 is 0 Å². The lowest BCUT2D eigenvalue weighted by Crippen LogP contribution is -2.45. The maximum atomic E-state index is 12.7. The Kier molecular flexibility index (Phi) is 11.2. The fourth-order valence-corrected chi connectivity index (χ4v) is 5.42. The molecule has 2 aliphatic rings. The highest BCUT2D eigenvalue weighted by Gasteiger charge is 2.50. The molecular formula is C19H36F3IN4O2S. The van der Waals surface area contributed by atoms with Gasteiger partial charge in [0, 0.05) is 39.3 Å². The van der Waals surface area contributed by atoms with E-state index in [1.54, 1.807) is 0 Å². The highest BCUT2D eigenvalue weighted by molar-refractivity contribution is 14.0. The van der Waals surface area contributed by atoms with Crippen molar-refractivity contribution in [1.82, 2.24) is 14.5 Å². The molecule has 178 valence electrons. The van der Waals surface area contributed by atoms with Crippen LogP contribution in [0.15, 0.2) is 4.99 Å². The molecular weight excluding hydrogens is 532 g/mol. The minimum Gasteiger partial charge on any atom is -0.357 e. The Hall–Kier alpha value is -0.300. The quantitative estimate of drug-likeness (QED) is 0.288. The molecule has 0 saturated carbocycles. The summed E-state index contributed by atoms with van der Waals surface area (Å²) in [5.74, 6) is 2.36. The van der Waals surface area contributed by atoms with E-state index in [0.717, 1.165) is 37.9 Å². The molecule has 0 amide bonds. The molecule has 1 unspecified atom stereocenters. The largest absolute Gasteiger partial charge is 0.511 e. The molecule has 2 aliphatic heterocycles. The van der Waals surface area contributed by atoms with Crippen molar-refractivity contribution in [2.75, 3.05) is 39.3 Å². The molecule has 0 spiro atoms. The second-order valence-corrected chi connectivity index (χ2v) is 9.99. The zero-order valence-corrected chi connectivity index (χ0v) is 21.3. The van der Waals surface area contributed by atoms with E-state index in [4.69, 9.17) is 4.99 Å². The average molecular weight is 568 g/mol. The zero-order chi connectivity index (χ0) is 21.7. The van der Waals surface area contributed by atoms with Crippen molar-refractivity contribution in [2.45, 2.75) is 58.4 Å². The number of hydrogen-bond donors (Lipinski definition) is 1. The topological polar surface area (TPSA) is 65.0 Å². The third-order valence-corrected chi connectivity index (χ3v) is 7.91. The van der Waals surface area contributed by atoms with Gasteiger partial charge in [0.1, 0.15) is 0 Å². The van der Waals surface area contributed by atoms with Crippen LogP contribution in [0.1, 0.15) is 52.9 Å². The van der Waals surface area contributed by atoms with Crippen LogP contribution in [0.4, 0.5) is 13.2 Å². The van der Waals surface area contributed by atoms with Crippen LogP contribution in [-0.4, -0.2) is 68.4 Å². The van der Waals surface area contributed by atoms with E-state index in [-0.39, 0.29) is 43.0 Å². The number of sulfonamides is 1. The Morgan fingerprint density at radius 1 is 1.10 bits per heavy atom. The standard InChI is InChI=1S/C19H35F3N4O2S.HI/c1-4-16(5-2)17-9-10-25(14-17)18(23-6-3)24-13-15-7-11-26(12-8-15)29(27,28)19(20,21)22;/h15-17H,4-14H2,1-3H3,(H,23,24);1H. The summed E-state index contributed by atoms with van der Waals surface area (Å²) in [6, 6.07) is 0. The number of halogens is 4. The molecule has 0 bridgehead atoms. The number of nitrogens with one attached hydrogen (secondary N) is 1. The molecule has 0 aromatic rings. The predicted molar refractivity (Wildman–Crippen MR) is 124 cm³/mol. The van der Waals surface area contributed by atoms with Crippen LogP contribution in [0, 0.1) is 17.8 Å². The van der Waals surface area contributed by atoms with Gasteiger partial charge in [-0.2, -0.15) is 17.5 Å². The molecule has 2 saturated heterocycles. The Balaban J connectivity index is 0.00000450. The lowest BCUT2D eigenvalue weighted by atomic mass is 9.87. The van der Waals surface area contributed by atoms with E-state index in [9.17, 15) is 21.6 Å². The molecule has 6 nitrogen and oxygen atoms in total. The molecule has 0 radical (unpaired) electrons. The Morgan fingerprint density at radius 3 is 2.20 bits per heavy atom. The second kappa shape index (κ2) is 12.1.